The Morgan fingerprint density at radius 3 is 3.00 bits per heavy atom. The van der Waals surface area contributed by atoms with E-state index in [4.69, 9.17) is 10.5 Å². The molecule has 5 nitrogen and oxygen atoms in total. The summed E-state index contributed by atoms with van der Waals surface area (Å²) in [6.07, 6.45) is 0. The number of nitrogen functional groups attached to an aromatic ring is 1. The Morgan fingerprint density at radius 1 is 1.56 bits per heavy atom. The molecule has 2 heterocycles. The molecule has 0 fully saturated rings. The van der Waals surface area contributed by atoms with Crippen LogP contribution in [0.3, 0.4) is 0 Å². The number of nitrogens with one attached hydrogen (secondary N) is 1. The minimum absolute atomic E-state index is 0.421. The van der Waals surface area contributed by atoms with Crippen molar-refractivity contribution in [2.45, 2.75) is 13.5 Å². The van der Waals surface area contributed by atoms with Crippen molar-refractivity contribution in [2.24, 2.45) is 0 Å². The van der Waals surface area contributed by atoms with Gasteiger partial charge in [-0.25, -0.2) is 4.98 Å². The number of nitrogens with two attached hydrogens (primary N) is 1. The molecule has 0 atom stereocenters. The lowest BCUT2D eigenvalue weighted by Gasteiger charge is -2.03. The molecule has 0 saturated carbocycles. The number of rotatable bonds is 4. The highest BCUT2D eigenvalue weighted by atomic mass is 32.1. The highest BCUT2D eigenvalue weighted by Gasteiger charge is 2.11. The Morgan fingerprint density at radius 2 is 2.38 bits per heavy atom. The summed E-state index contributed by atoms with van der Waals surface area (Å²) in [7, 11) is 1.58. The average Bonchev–Trinajstić information content (AvgIpc) is 2.82. The Labute approximate surface area is 101 Å². The monoisotopic (exact) mass is 256 g/mol. The van der Waals surface area contributed by atoms with Crippen molar-refractivity contribution in [1.29, 1.82) is 0 Å². The van der Waals surface area contributed by atoms with E-state index in [9.17, 15) is 0 Å². The van der Waals surface area contributed by atoms with E-state index in [-0.39, 0.29) is 0 Å². The summed E-state index contributed by atoms with van der Waals surface area (Å²) in [6, 6.07) is 0. The van der Waals surface area contributed by atoms with Crippen LogP contribution in [-0.2, 0) is 6.54 Å². The first kappa shape index (κ1) is 11.2. The van der Waals surface area contributed by atoms with Crippen molar-refractivity contribution >= 4 is 33.7 Å². The lowest BCUT2D eigenvalue weighted by molar-refractivity contribution is 0.419. The first-order chi connectivity index (χ1) is 7.70. The van der Waals surface area contributed by atoms with E-state index >= 15 is 0 Å². The van der Waals surface area contributed by atoms with Gasteiger partial charge in [-0.3, -0.25) is 0 Å². The second-order valence-corrected chi connectivity index (χ2v) is 4.98. The Bertz CT molecular complexity index is 480. The van der Waals surface area contributed by atoms with Gasteiger partial charge in [0, 0.05) is 5.38 Å². The normalized spacial score (nSPS) is 10.4. The molecular formula is C9H12N4OS2. The van der Waals surface area contributed by atoms with Crippen LogP contribution < -0.4 is 15.8 Å². The van der Waals surface area contributed by atoms with Crippen LogP contribution in [0.5, 0.6) is 5.75 Å². The number of hydrogen-bond donors (Lipinski definition) is 2. The maximum absolute atomic E-state index is 5.65. The maximum Gasteiger partial charge on any atom is 0.197 e. The van der Waals surface area contributed by atoms with Crippen LogP contribution in [0.4, 0.5) is 10.8 Å². The summed E-state index contributed by atoms with van der Waals surface area (Å²) in [5.74, 6) is 1.03. The van der Waals surface area contributed by atoms with Gasteiger partial charge < -0.3 is 15.8 Å². The highest BCUT2D eigenvalue weighted by molar-refractivity contribution is 7.11. The number of aromatic nitrogens is 2. The molecule has 2 aromatic heterocycles. The first-order valence-electron chi connectivity index (χ1n) is 4.64. The van der Waals surface area contributed by atoms with E-state index in [0.717, 1.165) is 15.7 Å². The SMILES string of the molecule is COc1c(N)nsc1NCc1csc(C)n1. The molecule has 0 aliphatic heterocycles. The Hall–Kier alpha value is -1.34. The zero-order chi connectivity index (χ0) is 11.5. The fraction of sp³-hybridized carbons (Fsp3) is 0.333. The molecule has 0 aromatic carbocycles. The Balaban J connectivity index is 2.04. The van der Waals surface area contributed by atoms with E-state index < -0.39 is 0 Å². The molecule has 0 spiro atoms. The van der Waals surface area contributed by atoms with Gasteiger partial charge in [-0.1, -0.05) is 0 Å². The van der Waals surface area contributed by atoms with Crippen LogP contribution in [0.1, 0.15) is 10.7 Å². The molecule has 0 saturated heterocycles. The molecule has 0 aliphatic rings. The summed E-state index contributed by atoms with van der Waals surface area (Å²) >= 11 is 2.93. The molecule has 0 aliphatic carbocycles. The van der Waals surface area contributed by atoms with Gasteiger partial charge in [0.05, 0.1) is 24.4 Å². The van der Waals surface area contributed by atoms with E-state index in [1.165, 1.54) is 11.5 Å². The molecule has 0 unspecified atom stereocenters. The smallest absolute Gasteiger partial charge is 0.197 e. The van der Waals surface area contributed by atoms with Crippen LogP contribution in [0.2, 0.25) is 0 Å². The van der Waals surface area contributed by atoms with E-state index in [2.05, 4.69) is 14.7 Å². The average molecular weight is 256 g/mol. The van der Waals surface area contributed by atoms with Gasteiger partial charge in [0.15, 0.2) is 16.6 Å². The molecule has 3 N–H and O–H groups in total. The molecule has 2 rings (SSSR count). The van der Waals surface area contributed by atoms with Crippen molar-refractivity contribution in [3.05, 3.63) is 16.1 Å². The number of aryl methyl sites for hydroxylation is 1. The number of anilines is 2. The van der Waals surface area contributed by atoms with Crippen molar-refractivity contribution < 1.29 is 4.74 Å². The summed E-state index contributed by atoms with van der Waals surface area (Å²) < 4.78 is 9.17. The molecule has 7 heteroatoms. The van der Waals surface area contributed by atoms with Gasteiger partial charge in [-0.2, -0.15) is 4.37 Å². The van der Waals surface area contributed by atoms with Gasteiger partial charge in [0.2, 0.25) is 0 Å². The summed E-state index contributed by atoms with van der Waals surface area (Å²) in [6.45, 7) is 2.64. The van der Waals surface area contributed by atoms with Gasteiger partial charge >= 0.3 is 0 Å². The minimum Gasteiger partial charge on any atom is -0.490 e. The largest absolute Gasteiger partial charge is 0.490 e. The summed E-state index contributed by atoms with van der Waals surface area (Å²) in [4.78, 5) is 4.36. The molecule has 0 radical (unpaired) electrons. The number of hydrogen-bond acceptors (Lipinski definition) is 7. The zero-order valence-electron chi connectivity index (χ0n) is 8.98. The van der Waals surface area contributed by atoms with Crippen LogP contribution in [0, 0.1) is 6.92 Å². The predicted molar refractivity (Wildman–Crippen MR) is 67.3 cm³/mol. The number of methoxy groups -OCH3 is 1. The van der Waals surface area contributed by atoms with E-state index in [0.29, 0.717) is 18.1 Å². The lowest BCUT2D eigenvalue weighted by Crippen LogP contribution is -2.00. The number of nitrogens with zero attached hydrogens (tertiary/aromatic N) is 2. The van der Waals surface area contributed by atoms with Gasteiger partial charge in [-0.15, -0.1) is 11.3 Å². The van der Waals surface area contributed by atoms with Crippen LogP contribution in [0.15, 0.2) is 5.38 Å². The van der Waals surface area contributed by atoms with Crippen molar-refractivity contribution in [3.8, 4) is 5.75 Å². The molecule has 0 bridgehead atoms. The quantitative estimate of drug-likeness (QED) is 0.876. The minimum atomic E-state index is 0.421. The predicted octanol–water partition coefficient (Wildman–Crippen LogP) is 2.11. The van der Waals surface area contributed by atoms with Crippen LogP contribution >= 0.6 is 22.9 Å². The second kappa shape index (κ2) is 4.67. The van der Waals surface area contributed by atoms with Crippen LogP contribution in [0.25, 0.3) is 0 Å². The van der Waals surface area contributed by atoms with Crippen molar-refractivity contribution in [1.82, 2.24) is 9.36 Å². The number of thiazole rings is 1. The third kappa shape index (κ3) is 2.25. The van der Waals surface area contributed by atoms with Gasteiger partial charge in [0.1, 0.15) is 0 Å². The van der Waals surface area contributed by atoms with Gasteiger partial charge in [-0.05, 0) is 18.5 Å². The van der Waals surface area contributed by atoms with E-state index in [1.54, 1.807) is 18.4 Å². The van der Waals surface area contributed by atoms with Crippen molar-refractivity contribution in [3.63, 3.8) is 0 Å². The molecule has 86 valence electrons. The fourth-order valence-electron chi connectivity index (χ4n) is 1.26. The van der Waals surface area contributed by atoms with E-state index in [1.807, 2.05) is 12.3 Å². The maximum atomic E-state index is 5.65. The summed E-state index contributed by atoms with van der Waals surface area (Å²) in [5, 5.41) is 7.14. The zero-order valence-corrected chi connectivity index (χ0v) is 10.6. The van der Waals surface area contributed by atoms with Crippen molar-refractivity contribution in [2.75, 3.05) is 18.2 Å². The standard InChI is InChI=1S/C9H12N4OS2/c1-5-12-6(4-15-5)3-11-9-7(14-2)8(10)13-16-9/h4,11H,3H2,1-2H3,(H2,10,13). The Kier molecular flexibility index (Phi) is 3.25. The summed E-state index contributed by atoms with van der Waals surface area (Å²) in [5.41, 5.74) is 6.66. The lowest BCUT2D eigenvalue weighted by atomic mass is 10.4. The fourth-order valence-corrected chi connectivity index (χ4v) is 2.56. The molecule has 2 aromatic rings. The third-order valence-corrected chi connectivity index (χ3v) is 3.60. The highest BCUT2D eigenvalue weighted by Crippen LogP contribution is 2.34. The van der Waals surface area contributed by atoms with Crippen LogP contribution in [-0.4, -0.2) is 16.5 Å². The molecule has 0 amide bonds. The first-order valence-corrected chi connectivity index (χ1v) is 6.30. The third-order valence-electron chi connectivity index (χ3n) is 1.97. The molecular weight excluding hydrogens is 244 g/mol. The topological polar surface area (TPSA) is 73.1 Å². The molecule has 16 heavy (non-hydrogen) atoms. The second-order valence-electron chi connectivity index (χ2n) is 3.14. The van der Waals surface area contributed by atoms with Gasteiger partial charge in [0.25, 0.3) is 0 Å². The number of ether oxygens (including phenoxy) is 1.